The van der Waals surface area contributed by atoms with Crippen LogP contribution in [0.1, 0.15) is 24.0 Å². The average Bonchev–Trinajstić information content (AvgIpc) is 3.20. The first-order valence-corrected chi connectivity index (χ1v) is 10.7. The summed E-state index contributed by atoms with van der Waals surface area (Å²) in [7, 11) is 4.00. The third-order valence-electron chi connectivity index (χ3n) is 5.51. The van der Waals surface area contributed by atoms with E-state index in [1.807, 2.05) is 67.5 Å². The molecule has 3 atom stereocenters. The molecule has 7 heteroatoms. The fraction of sp³-hybridized carbons (Fsp3) is 0.417. The zero-order valence-electron chi connectivity index (χ0n) is 18.2. The van der Waals surface area contributed by atoms with E-state index in [-0.39, 0.29) is 11.8 Å². The number of anilines is 1. The van der Waals surface area contributed by atoms with Gasteiger partial charge in [-0.3, -0.25) is 9.59 Å². The van der Waals surface area contributed by atoms with Gasteiger partial charge in [-0.15, -0.1) is 0 Å². The summed E-state index contributed by atoms with van der Waals surface area (Å²) >= 11 is 0. The van der Waals surface area contributed by atoms with E-state index in [4.69, 9.17) is 0 Å². The molecule has 31 heavy (non-hydrogen) atoms. The monoisotopic (exact) mass is 424 g/mol. The van der Waals surface area contributed by atoms with Crippen LogP contribution in [0, 0.1) is 0 Å². The highest BCUT2D eigenvalue weighted by Gasteiger charge is 2.30. The van der Waals surface area contributed by atoms with Gasteiger partial charge in [0, 0.05) is 39.3 Å². The van der Waals surface area contributed by atoms with Gasteiger partial charge in [-0.2, -0.15) is 0 Å². The van der Waals surface area contributed by atoms with Crippen LogP contribution < -0.4 is 20.9 Å². The summed E-state index contributed by atoms with van der Waals surface area (Å²) in [6.45, 7) is 0.949. The largest absolute Gasteiger partial charge is 0.390 e. The molecular weight excluding hydrogens is 392 g/mol. The Labute approximate surface area is 183 Å². The minimum atomic E-state index is -0.779. The van der Waals surface area contributed by atoms with E-state index in [0.29, 0.717) is 32.4 Å². The van der Waals surface area contributed by atoms with Crippen molar-refractivity contribution >= 4 is 17.5 Å². The van der Waals surface area contributed by atoms with Crippen molar-refractivity contribution in [1.29, 1.82) is 0 Å². The van der Waals surface area contributed by atoms with Crippen molar-refractivity contribution in [2.45, 2.75) is 44.0 Å². The lowest BCUT2D eigenvalue weighted by Gasteiger charge is -2.26. The molecular formula is C24H32N4O3. The van der Waals surface area contributed by atoms with Gasteiger partial charge in [0.2, 0.25) is 11.8 Å². The van der Waals surface area contributed by atoms with E-state index >= 15 is 0 Å². The number of amides is 2. The fourth-order valence-electron chi connectivity index (χ4n) is 3.70. The van der Waals surface area contributed by atoms with Gasteiger partial charge in [-0.25, -0.2) is 0 Å². The van der Waals surface area contributed by atoms with Gasteiger partial charge in [0.1, 0.15) is 6.04 Å². The topological polar surface area (TPSA) is 93.7 Å². The Kier molecular flexibility index (Phi) is 8.03. The highest BCUT2D eigenvalue weighted by Crippen LogP contribution is 2.14. The van der Waals surface area contributed by atoms with Crippen molar-refractivity contribution in [2.75, 3.05) is 25.5 Å². The Morgan fingerprint density at radius 1 is 1.16 bits per heavy atom. The van der Waals surface area contributed by atoms with Crippen LogP contribution in [-0.4, -0.2) is 55.7 Å². The number of nitrogens with one attached hydrogen (secondary N) is 3. The molecule has 0 bridgehead atoms. The number of benzene rings is 2. The molecule has 2 aromatic rings. The molecule has 0 radical (unpaired) electrons. The number of aliphatic hydroxyl groups excluding tert-OH is 1. The minimum Gasteiger partial charge on any atom is -0.390 e. The lowest BCUT2D eigenvalue weighted by molar-refractivity contribution is -0.126. The molecule has 7 nitrogen and oxygen atoms in total. The summed E-state index contributed by atoms with van der Waals surface area (Å²) in [6, 6.07) is 17.0. The molecule has 0 aromatic heterocycles. The Balaban J connectivity index is 1.59. The van der Waals surface area contributed by atoms with Crippen LogP contribution in [0.2, 0.25) is 0 Å². The molecule has 1 aliphatic rings. The molecule has 0 aliphatic carbocycles. The van der Waals surface area contributed by atoms with Gasteiger partial charge in [0.15, 0.2) is 0 Å². The van der Waals surface area contributed by atoms with Crippen LogP contribution in [-0.2, 0) is 22.6 Å². The van der Waals surface area contributed by atoms with E-state index in [0.717, 1.165) is 16.8 Å². The third-order valence-corrected chi connectivity index (χ3v) is 5.51. The molecule has 0 saturated carbocycles. The summed E-state index contributed by atoms with van der Waals surface area (Å²) in [4.78, 5) is 26.1. The lowest BCUT2D eigenvalue weighted by Crippen LogP contribution is -2.53. The Hall–Kier alpha value is -2.90. The normalized spacial score (nSPS) is 17.6. The van der Waals surface area contributed by atoms with E-state index in [9.17, 15) is 14.7 Å². The molecule has 0 spiro atoms. The molecule has 4 N–H and O–H groups in total. The van der Waals surface area contributed by atoms with Crippen LogP contribution in [0.5, 0.6) is 0 Å². The summed E-state index contributed by atoms with van der Waals surface area (Å²) in [5, 5.41) is 19.8. The Morgan fingerprint density at radius 3 is 2.58 bits per heavy atom. The van der Waals surface area contributed by atoms with Crippen LogP contribution in [0.3, 0.4) is 0 Å². The van der Waals surface area contributed by atoms with E-state index in [1.54, 1.807) is 0 Å². The van der Waals surface area contributed by atoms with Gasteiger partial charge in [-0.1, -0.05) is 42.5 Å². The molecule has 1 fully saturated rings. The van der Waals surface area contributed by atoms with Gasteiger partial charge < -0.3 is 26.0 Å². The zero-order chi connectivity index (χ0) is 22.2. The maximum Gasteiger partial charge on any atom is 0.242 e. The minimum absolute atomic E-state index is 0.109. The molecule has 2 aromatic carbocycles. The summed E-state index contributed by atoms with van der Waals surface area (Å²) < 4.78 is 0. The second-order valence-corrected chi connectivity index (χ2v) is 8.23. The zero-order valence-corrected chi connectivity index (χ0v) is 18.2. The second-order valence-electron chi connectivity index (χ2n) is 8.23. The van der Waals surface area contributed by atoms with E-state index in [1.165, 1.54) is 0 Å². The van der Waals surface area contributed by atoms with Crippen molar-refractivity contribution in [1.82, 2.24) is 16.0 Å². The Morgan fingerprint density at radius 2 is 1.90 bits per heavy atom. The van der Waals surface area contributed by atoms with Crippen LogP contribution in [0.25, 0.3) is 0 Å². The molecule has 1 saturated heterocycles. The SMILES string of the molecule is CN(C)c1cccc(CNC[C@@H](O)C(Cc2ccccc2)NC(=O)[C@H]2CCC(=O)N2)c1. The first-order valence-electron chi connectivity index (χ1n) is 10.7. The predicted octanol–water partition coefficient (Wildman–Crippen LogP) is 1.21. The highest BCUT2D eigenvalue weighted by molar-refractivity contribution is 5.90. The molecule has 1 heterocycles. The summed E-state index contributed by atoms with van der Waals surface area (Å²) in [5.74, 6) is -0.355. The summed E-state index contributed by atoms with van der Waals surface area (Å²) in [5.41, 5.74) is 3.27. The van der Waals surface area contributed by atoms with Gasteiger partial charge in [0.25, 0.3) is 0 Å². The van der Waals surface area contributed by atoms with Crippen molar-refractivity contribution in [3.05, 3.63) is 65.7 Å². The molecule has 3 rings (SSSR count). The number of carbonyl (C=O) groups is 2. The number of nitrogens with zero attached hydrogens (tertiary/aromatic N) is 1. The van der Waals surface area contributed by atoms with Crippen molar-refractivity contribution < 1.29 is 14.7 Å². The second kappa shape index (κ2) is 10.9. The van der Waals surface area contributed by atoms with Crippen molar-refractivity contribution in [3.8, 4) is 0 Å². The van der Waals surface area contributed by atoms with Gasteiger partial charge in [-0.05, 0) is 36.1 Å². The van der Waals surface area contributed by atoms with Crippen molar-refractivity contribution in [3.63, 3.8) is 0 Å². The molecule has 1 aliphatic heterocycles. The standard InChI is InChI=1S/C24H32N4O3/c1-28(2)19-10-6-9-18(13-19)15-25-16-22(29)21(14-17-7-4-3-5-8-17)27-24(31)20-11-12-23(30)26-20/h3-10,13,20-22,25,29H,11-12,14-16H2,1-2H3,(H,26,30)(H,27,31)/t20-,21?,22-/m1/s1. The Bertz CT molecular complexity index is 872. The first kappa shape index (κ1) is 22.8. The fourth-order valence-corrected chi connectivity index (χ4v) is 3.70. The molecule has 2 amide bonds. The predicted molar refractivity (Wildman–Crippen MR) is 122 cm³/mol. The maximum atomic E-state index is 12.6. The number of carbonyl (C=O) groups excluding carboxylic acids is 2. The number of rotatable bonds is 10. The van der Waals surface area contributed by atoms with Crippen LogP contribution in [0.15, 0.2) is 54.6 Å². The van der Waals surface area contributed by atoms with Crippen molar-refractivity contribution in [2.24, 2.45) is 0 Å². The third kappa shape index (κ3) is 6.80. The smallest absolute Gasteiger partial charge is 0.242 e. The lowest BCUT2D eigenvalue weighted by atomic mass is 10.00. The number of hydrogen-bond acceptors (Lipinski definition) is 5. The van der Waals surface area contributed by atoms with E-state index in [2.05, 4.69) is 22.0 Å². The van der Waals surface area contributed by atoms with Gasteiger partial charge in [0.05, 0.1) is 12.1 Å². The molecule has 166 valence electrons. The number of hydrogen-bond donors (Lipinski definition) is 4. The van der Waals surface area contributed by atoms with Crippen LogP contribution in [0.4, 0.5) is 5.69 Å². The molecule has 1 unspecified atom stereocenters. The van der Waals surface area contributed by atoms with E-state index < -0.39 is 18.2 Å². The van der Waals surface area contributed by atoms with Gasteiger partial charge >= 0.3 is 0 Å². The highest BCUT2D eigenvalue weighted by atomic mass is 16.3. The first-order chi connectivity index (χ1) is 14.9. The average molecular weight is 425 g/mol. The summed E-state index contributed by atoms with van der Waals surface area (Å²) in [6.07, 6.45) is 0.571. The maximum absolute atomic E-state index is 12.6. The quantitative estimate of drug-likeness (QED) is 0.460. The van der Waals surface area contributed by atoms with Crippen LogP contribution >= 0.6 is 0 Å². The number of aliphatic hydroxyl groups is 1.